The fraction of sp³-hybridized carbons (Fsp3) is 0.348. The Morgan fingerprint density at radius 2 is 2.23 bits per heavy atom. The van der Waals surface area contributed by atoms with Crippen molar-refractivity contribution in [2.75, 3.05) is 43.0 Å². The van der Waals surface area contributed by atoms with Gasteiger partial charge >= 0.3 is 0 Å². The number of aromatic nitrogens is 3. The second-order valence-corrected chi connectivity index (χ2v) is 8.22. The van der Waals surface area contributed by atoms with Crippen molar-refractivity contribution in [1.29, 1.82) is 5.26 Å². The van der Waals surface area contributed by atoms with Crippen molar-refractivity contribution in [3.05, 3.63) is 47.7 Å². The maximum atomic E-state index is 14.2. The summed E-state index contributed by atoms with van der Waals surface area (Å²) >= 11 is 0. The number of anilines is 2. The van der Waals surface area contributed by atoms with Gasteiger partial charge < -0.3 is 30.5 Å². The van der Waals surface area contributed by atoms with Crippen molar-refractivity contribution in [2.24, 2.45) is 4.99 Å². The van der Waals surface area contributed by atoms with Gasteiger partial charge in [0.1, 0.15) is 23.6 Å². The van der Waals surface area contributed by atoms with Crippen molar-refractivity contribution in [2.45, 2.75) is 19.9 Å². The quantitative estimate of drug-likeness (QED) is 0.245. The fourth-order valence-corrected chi connectivity index (χ4v) is 4.18. The summed E-state index contributed by atoms with van der Waals surface area (Å²) in [6, 6.07) is 3.95. The van der Waals surface area contributed by atoms with Crippen LogP contribution in [-0.4, -0.2) is 75.7 Å². The number of fused-ring (bicyclic) bond motifs is 1. The lowest BCUT2D eigenvalue weighted by molar-refractivity contribution is 0.0940. The minimum Gasteiger partial charge on any atom is -0.395 e. The molecule has 1 fully saturated rings. The number of guanidine groups is 1. The molecule has 11 nitrogen and oxygen atoms in total. The molecular formula is C23H26FN9O2. The first-order valence-corrected chi connectivity index (χ1v) is 11.2. The highest BCUT2D eigenvalue weighted by Gasteiger charge is 2.29. The molecule has 1 aliphatic heterocycles. The van der Waals surface area contributed by atoms with E-state index in [0.29, 0.717) is 31.3 Å². The Bertz CT molecular complexity index is 1300. The molecule has 0 bridgehead atoms. The van der Waals surface area contributed by atoms with Gasteiger partial charge in [-0.1, -0.05) is 0 Å². The van der Waals surface area contributed by atoms with Gasteiger partial charge in [-0.25, -0.2) is 14.4 Å². The molecule has 3 heterocycles. The Hall–Kier alpha value is -4.24. The number of nitrogens with zero attached hydrogens (tertiary/aromatic N) is 6. The monoisotopic (exact) mass is 479 g/mol. The van der Waals surface area contributed by atoms with Crippen molar-refractivity contribution in [3.8, 4) is 6.19 Å². The number of amides is 1. The number of halogens is 1. The third-order valence-corrected chi connectivity index (χ3v) is 5.87. The van der Waals surface area contributed by atoms with Crippen molar-refractivity contribution in [1.82, 2.24) is 25.2 Å². The number of aliphatic hydroxyl groups excluding tert-OH is 1. The SMILES string of the molecule is Cc1c[nH]c2ncnc(N3CCN(C(=NC#N)Nc4ccc(F)c(C(=O)NCCO)c4)[C@@H](C)C3)c12. The normalized spacial score (nSPS) is 16.3. The van der Waals surface area contributed by atoms with Crippen LogP contribution >= 0.6 is 0 Å². The Balaban J connectivity index is 1.52. The molecule has 4 rings (SSSR count). The molecule has 1 amide bonds. The van der Waals surface area contributed by atoms with Crippen LogP contribution in [-0.2, 0) is 0 Å². The van der Waals surface area contributed by atoms with Gasteiger partial charge in [-0.15, -0.1) is 4.99 Å². The number of benzene rings is 1. The number of carbonyl (C=O) groups is 1. The molecular weight excluding hydrogens is 453 g/mol. The van der Waals surface area contributed by atoms with Gasteiger partial charge in [0.2, 0.25) is 12.2 Å². The molecule has 0 unspecified atom stereocenters. The van der Waals surface area contributed by atoms with E-state index in [1.165, 1.54) is 24.5 Å². The molecule has 182 valence electrons. The van der Waals surface area contributed by atoms with E-state index in [0.717, 1.165) is 22.4 Å². The smallest absolute Gasteiger partial charge is 0.254 e. The molecule has 0 spiro atoms. The van der Waals surface area contributed by atoms with Gasteiger partial charge in [-0.3, -0.25) is 4.79 Å². The molecule has 1 aromatic carbocycles. The molecule has 35 heavy (non-hydrogen) atoms. The van der Waals surface area contributed by atoms with Gasteiger partial charge in [0.05, 0.1) is 17.6 Å². The zero-order valence-corrected chi connectivity index (χ0v) is 19.4. The van der Waals surface area contributed by atoms with Crippen LogP contribution in [0.4, 0.5) is 15.9 Å². The number of aliphatic imine (C=N–C) groups is 1. The lowest BCUT2D eigenvalue weighted by Crippen LogP contribution is -2.56. The number of nitriles is 1. The number of hydrogen-bond acceptors (Lipinski definition) is 7. The van der Waals surface area contributed by atoms with Crippen LogP contribution in [0, 0.1) is 24.2 Å². The molecule has 1 aliphatic rings. The predicted octanol–water partition coefficient (Wildman–Crippen LogP) is 1.59. The number of aryl methyl sites for hydroxylation is 1. The fourth-order valence-electron chi connectivity index (χ4n) is 4.18. The molecule has 4 N–H and O–H groups in total. The van der Waals surface area contributed by atoms with Crippen molar-refractivity contribution in [3.63, 3.8) is 0 Å². The number of piperazine rings is 1. The average molecular weight is 480 g/mol. The second kappa shape index (κ2) is 10.4. The number of aromatic amines is 1. The van der Waals surface area contributed by atoms with E-state index in [1.807, 2.05) is 31.1 Å². The lowest BCUT2D eigenvalue weighted by Gasteiger charge is -2.41. The largest absolute Gasteiger partial charge is 0.395 e. The third-order valence-electron chi connectivity index (χ3n) is 5.87. The standard InChI is InChI=1S/C23H26FN9O2/c1-14-10-27-20-19(14)21(30-13-29-20)32-6-7-33(15(2)11-32)23(28-12-25)31-16-3-4-18(24)17(9-16)22(35)26-5-8-34/h3-4,9-10,13,15,34H,5-8,11H2,1-2H3,(H,26,35)(H,28,31)(H,27,29,30)/t15-/m0/s1. The molecule has 0 saturated carbocycles. The first-order chi connectivity index (χ1) is 16.9. The van der Waals surface area contributed by atoms with Crippen LogP contribution in [0.15, 0.2) is 35.7 Å². The van der Waals surface area contributed by atoms with Gasteiger partial charge in [-0.2, -0.15) is 5.26 Å². The molecule has 2 aromatic heterocycles. The number of H-pyrrole nitrogens is 1. The van der Waals surface area contributed by atoms with E-state index in [1.54, 1.807) is 0 Å². The summed E-state index contributed by atoms with van der Waals surface area (Å²) in [6.45, 7) is 5.59. The van der Waals surface area contributed by atoms with Gasteiger partial charge in [-0.05, 0) is 37.6 Å². The zero-order chi connectivity index (χ0) is 24.9. The highest BCUT2D eigenvalue weighted by Crippen LogP contribution is 2.28. The number of aliphatic hydroxyl groups is 1. The summed E-state index contributed by atoms with van der Waals surface area (Å²) in [5.41, 5.74) is 2.08. The maximum absolute atomic E-state index is 14.2. The number of carbonyl (C=O) groups excluding carboxylic acids is 1. The second-order valence-electron chi connectivity index (χ2n) is 8.22. The highest BCUT2D eigenvalue weighted by atomic mass is 19.1. The minimum absolute atomic E-state index is 0.0137. The predicted molar refractivity (Wildman–Crippen MR) is 129 cm³/mol. The van der Waals surface area contributed by atoms with Crippen LogP contribution < -0.4 is 15.5 Å². The maximum Gasteiger partial charge on any atom is 0.254 e. The Morgan fingerprint density at radius 1 is 1.40 bits per heavy atom. The van der Waals surface area contributed by atoms with E-state index in [-0.39, 0.29) is 24.8 Å². The Kier molecular flexibility index (Phi) is 7.07. The molecule has 0 radical (unpaired) electrons. The summed E-state index contributed by atoms with van der Waals surface area (Å²) in [5.74, 6) is -0.178. The van der Waals surface area contributed by atoms with Crippen LogP contribution in [0.3, 0.4) is 0 Å². The summed E-state index contributed by atoms with van der Waals surface area (Å²) in [7, 11) is 0. The van der Waals surface area contributed by atoms with E-state index in [4.69, 9.17) is 5.11 Å². The summed E-state index contributed by atoms with van der Waals surface area (Å²) in [6.07, 6.45) is 5.27. The molecule has 1 atom stereocenters. The van der Waals surface area contributed by atoms with Crippen molar-refractivity contribution < 1.29 is 14.3 Å². The lowest BCUT2D eigenvalue weighted by atomic mass is 10.1. The highest BCUT2D eigenvalue weighted by molar-refractivity contribution is 5.99. The number of nitrogens with one attached hydrogen (secondary N) is 3. The Labute approximate surface area is 201 Å². The van der Waals surface area contributed by atoms with Crippen molar-refractivity contribution >= 4 is 34.4 Å². The number of hydrogen-bond donors (Lipinski definition) is 4. The first-order valence-electron chi connectivity index (χ1n) is 11.2. The molecule has 1 saturated heterocycles. The third kappa shape index (κ3) is 4.99. The average Bonchev–Trinajstić information content (AvgIpc) is 3.24. The molecule has 3 aromatic rings. The van der Waals surface area contributed by atoms with Gasteiger partial charge in [0, 0.05) is 44.1 Å². The summed E-state index contributed by atoms with van der Waals surface area (Å²) < 4.78 is 14.2. The Morgan fingerprint density at radius 3 is 2.97 bits per heavy atom. The van der Waals surface area contributed by atoms with E-state index < -0.39 is 11.7 Å². The topological polar surface area (TPSA) is 146 Å². The summed E-state index contributed by atoms with van der Waals surface area (Å²) in [5, 5.41) is 24.7. The molecule has 0 aliphatic carbocycles. The van der Waals surface area contributed by atoms with E-state index in [9.17, 15) is 14.4 Å². The zero-order valence-electron chi connectivity index (χ0n) is 19.4. The number of rotatable bonds is 5. The van der Waals surface area contributed by atoms with Crippen LogP contribution in [0.1, 0.15) is 22.8 Å². The van der Waals surface area contributed by atoms with E-state index in [2.05, 4.69) is 35.5 Å². The minimum atomic E-state index is -0.692. The van der Waals surface area contributed by atoms with Crippen LogP contribution in [0.5, 0.6) is 0 Å². The van der Waals surface area contributed by atoms with Crippen LogP contribution in [0.25, 0.3) is 11.0 Å². The van der Waals surface area contributed by atoms with E-state index >= 15 is 0 Å². The van der Waals surface area contributed by atoms with Gasteiger partial charge in [0.15, 0.2) is 0 Å². The first kappa shape index (κ1) is 23.9. The summed E-state index contributed by atoms with van der Waals surface area (Å²) in [4.78, 5) is 32.3. The van der Waals surface area contributed by atoms with Crippen LogP contribution in [0.2, 0.25) is 0 Å². The molecule has 12 heteroatoms. The van der Waals surface area contributed by atoms with Gasteiger partial charge in [0.25, 0.3) is 5.91 Å².